The first-order chi connectivity index (χ1) is 43.9. The van der Waals surface area contributed by atoms with Crippen LogP contribution >= 0.6 is 15.9 Å². The van der Waals surface area contributed by atoms with Crippen molar-refractivity contribution in [2.45, 2.75) is 227 Å². The minimum atomic E-state index is -1.83. The van der Waals surface area contributed by atoms with Crippen LogP contribution in [0.3, 0.4) is 0 Å². The van der Waals surface area contributed by atoms with Crippen molar-refractivity contribution in [3.8, 4) is 0 Å². The second kappa shape index (κ2) is 26.3. The Balaban J connectivity index is 0.000000208. The van der Waals surface area contributed by atoms with Gasteiger partial charge in [0.25, 0.3) is 0 Å². The Morgan fingerprint density at radius 2 is 1.49 bits per heavy atom. The number of ether oxygens (including phenoxy) is 8. The topological polar surface area (TPSA) is 297 Å². The molecule has 29 atom stereocenters. The molecule has 14 rings (SSSR count). The summed E-state index contributed by atoms with van der Waals surface area (Å²) in [7, 11) is 6.07. The minimum Gasteiger partial charge on any atom is -0.462 e. The molecule has 3 saturated carbocycles. The van der Waals surface area contributed by atoms with Crippen molar-refractivity contribution < 1.29 is 88.6 Å². The monoisotopic (exact) mass is 1350 g/mol. The first-order valence-electron chi connectivity index (χ1n) is 33.9. The Hall–Kier alpha value is -3.12. The third-order valence-electron chi connectivity index (χ3n) is 25.0. The highest BCUT2D eigenvalue weighted by atomic mass is 79.9. The van der Waals surface area contributed by atoms with E-state index in [9.17, 15) is 50.8 Å². The number of fused-ring (bicyclic) bond motifs is 11. The predicted octanol–water partition coefficient (Wildman–Crippen LogP) is 4.07. The summed E-state index contributed by atoms with van der Waals surface area (Å²) in [6.07, 6.45) is -3.91. The number of nitrogens with zero attached hydrogens (tertiary/aromatic N) is 4. The number of piperidine rings is 2. The number of hydrogen-bond acceptors (Lipinski definition) is 21. The van der Waals surface area contributed by atoms with Crippen LogP contribution in [-0.4, -0.2) is 235 Å². The average molecular weight is 1350 g/mol. The highest BCUT2D eigenvalue weighted by molar-refractivity contribution is 9.10. The van der Waals surface area contributed by atoms with Crippen molar-refractivity contribution >= 4 is 32.8 Å². The number of carbonyl (C=O) groups is 1. The van der Waals surface area contributed by atoms with Gasteiger partial charge in [-0.25, -0.2) is 4.79 Å². The van der Waals surface area contributed by atoms with Gasteiger partial charge in [0.1, 0.15) is 72.7 Å². The first-order valence-corrected chi connectivity index (χ1v) is 34.7. The molecule has 9 N–H and O–H groups in total. The summed E-state index contributed by atoms with van der Waals surface area (Å²) in [5, 5.41) is 97.1. The molecule has 6 aliphatic heterocycles. The van der Waals surface area contributed by atoms with E-state index in [1.807, 2.05) is 7.11 Å². The standard InChI is InChI=1S/C45H73NO15.C24H26BrN3O3/c1-19-6-9-27-20(2)31-28(46(27)16-19)15-26-24-8-7-22-14-23(10-12-44(22,4)25(24)11-13-45(26,31)5)57-43-40(61-41-37(54)35(52)32(49)21(3)56-41)39(34(51)30(18-48)59-43)60-42-38(55)36(53)33(50)29(17-47)58-42;1-27-13-17-8-21-24(30-3,19-5-4-6-20(27)22(17)19)9-15(12-28(21)2)14-31-23(29)16-7-18(25)11-26-10-16/h7,19-21,23-43,47-55H,6,8-18H2,1-5H3;4-7,10-11,13,15,21H,8-9,12,14H2,1-3H3/t19-,20+,21-,23?,24+,25-,26-,27+,28-,29+,30+,31-,32-,33+,34-,35+,36-,37+,38+,39-,40+,41+,42-,43+,44-,45-;15-,21-,24+/m01/s1. The van der Waals surface area contributed by atoms with E-state index >= 15 is 0 Å². The molecule has 0 spiro atoms. The summed E-state index contributed by atoms with van der Waals surface area (Å²) in [5.41, 5.74) is 5.62. The third kappa shape index (κ3) is 11.5. The van der Waals surface area contributed by atoms with Crippen LogP contribution in [-0.2, 0) is 57.0 Å². The van der Waals surface area contributed by atoms with Crippen LogP contribution in [0.2, 0.25) is 0 Å². The molecule has 510 valence electrons. The Morgan fingerprint density at radius 3 is 2.23 bits per heavy atom. The van der Waals surface area contributed by atoms with Gasteiger partial charge in [-0.05, 0) is 170 Å². The van der Waals surface area contributed by atoms with Gasteiger partial charge in [-0.3, -0.25) is 14.8 Å². The van der Waals surface area contributed by atoms with Gasteiger partial charge in [0.05, 0.1) is 37.6 Å². The van der Waals surface area contributed by atoms with E-state index in [-0.39, 0.29) is 29.4 Å². The van der Waals surface area contributed by atoms with Crippen LogP contribution in [0.15, 0.2) is 59.0 Å². The summed E-state index contributed by atoms with van der Waals surface area (Å²) in [5.74, 6) is 3.98. The minimum absolute atomic E-state index is 0.00462. The molecule has 22 nitrogen and oxygen atoms in total. The highest BCUT2D eigenvalue weighted by Gasteiger charge is 2.67. The molecule has 0 amide bonds. The molecule has 0 bridgehead atoms. The van der Waals surface area contributed by atoms with E-state index in [0.717, 1.165) is 60.5 Å². The first kappa shape index (κ1) is 67.4. The number of esters is 1. The summed E-state index contributed by atoms with van der Waals surface area (Å²) >= 11 is 3.35. The number of rotatable bonds is 12. The number of hydrogen-bond donors (Lipinski definition) is 9. The van der Waals surface area contributed by atoms with Crippen molar-refractivity contribution in [3.05, 3.63) is 75.7 Å². The lowest BCUT2D eigenvalue weighted by Gasteiger charge is -2.58. The number of carbonyl (C=O) groups excluding carboxylic acids is 1. The molecule has 0 radical (unpaired) electrons. The zero-order valence-electron chi connectivity index (χ0n) is 54.3. The zero-order valence-corrected chi connectivity index (χ0v) is 55.9. The van der Waals surface area contributed by atoms with Gasteiger partial charge in [0.2, 0.25) is 0 Å². The molecular formula is C69H99BrN4O18. The number of methoxy groups -OCH3 is 1. The number of allylic oxidation sites excluding steroid dienone is 1. The number of aryl methyl sites for hydroxylation is 1. The fraction of sp³-hybridized carbons (Fsp3) is 0.768. The maximum Gasteiger partial charge on any atom is 0.339 e. The molecule has 92 heavy (non-hydrogen) atoms. The van der Waals surface area contributed by atoms with Crippen molar-refractivity contribution in [2.24, 2.45) is 59.3 Å². The quantitative estimate of drug-likeness (QED) is 0.0912. The summed E-state index contributed by atoms with van der Waals surface area (Å²) in [6, 6.07) is 9.90. The van der Waals surface area contributed by atoms with Crippen molar-refractivity contribution in [1.82, 2.24) is 19.4 Å². The Bertz CT molecular complexity index is 3160. The lowest BCUT2D eigenvalue weighted by Crippen LogP contribution is -2.67. The molecule has 6 saturated heterocycles. The number of benzene rings is 1. The Labute approximate surface area is 547 Å². The van der Waals surface area contributed by atoms with Crippen molar-refractivity contribution in [2.75, 3.05) is 47.1 Å². The smallest absolute Gasteiger partial charge is 0.339 e. The third-order valence-corrected chi connectivity index (χ3v) is 25.4. The number of aromatic nitrogens is 2. The fourth-order valence-corrected chi connectivity index (χ4v) is 20.7. The molecule has 1 unspecified atom stereocenters. The van der Waals surface area contributed by atoms with E-state index in [0.29, 0.717) is 54.2 Å². The highest BCUT2D eigenvalue weighted by Crippen LogP contribution is 2.70. The Morgan fingerprint density at radius 1 is 0.772 bits per heavy atom. The second-order valence-corrected chi connectivity index (χ2v) is 30.9. The SMILES string of the molecule is CO[C@]12C[C@@H](COC(=O)c3cncc(Br)c3)CN(C)[C@@H]1Cc1cn(C)c3cccc2c13.C[C@H]1CC[C@@H]2[C@@H](C)[C@H]3[C@H](C[C@H]4[C@@H]5CC=C6CC(O[C@@H]7O[C@H](CO)[C@H](O)[C@H](O[C@@H]8O[C@H](CO)[C@@H](O)[C@H](O)[C@H]8O)[C@H]7O[C@H]7O[C@@H](C)[C@H](O)[C@@H](O)[C@H]7O)CC[C@]6(C)[C@H]5CC[C@]34C)N2C1. The van der Waals surface area contributed by atoms with Gasteiger partial charge in [0.15, 0.2) is 18.9 Å². The lowest BCUT2D eigenvalue weighted by molar-refractivity contribution is -0.394. The number of likely N-dealkylation sites (tertiary alicyclic amines) is 1. The molecule has 8 heterocycles. The maximum absolute atomic E-state index is 12.5. The van der Waals surface area contributed by atoms with Gasteiger partial charge in [-0.1, -0.05) is 51.5 Å². The van der Waals surface area contributed by atoms with Crippen molar-refractivity contribution in [3.63, 3.8) is 0 Å². The summed E-state index contributed by atoms with van der Waals surface area (Å²) < 4.78 is 51.8. The van der Waals surface area contributed by atoms with Crippen LogP contribution in [0.1, 0.15) is 120 Å². The predicted molar refractivity (Wildman–Crippen MR) is 337 cm³/mol. The van der Waals surface area contributed by atoms with Crippen molar-refractivity contribution in [1.29, 1.82) is 0 Å². The van der Waals surface area contributed by atoms with Crippen LogP contribution in [0.4, 0.5) is 0 Å². The molecule has 9 fully saturated rings. The van der Waals surface area contributed by atoms with Gasteiger partial charge < -0.3 is 88.4 Å². The average Bonchev–Trinajstić information content (AvgIpc) is 1.47. The van der Waals surface area contributed by atoms with E-state index in [1.165, 1.54) is 79.4 Å². The second-order valence-electron chi connectivity index (χ2n) is 30.0. The van der Waals surface area contributed by atoms with Crippen LogP contribution in [0.5, 0.6) is 0 Å². The number of pyridine rings is 1. The summed E-state index contributed by atoms with van der Waals surface area (Å²) in [6.45, 7) is 12.6. The van der Waals surface area contributed by atoms with Gasteiger partial charge in [-0.2, -0.15) is 0 Å². The molecule has 23 heteroatoms. The van der Waals surface area contributed by atoms with Gasteiger partial charge in [-0.15, -0.1) is 0 Å². The van der Waals surface area contributed by atoms with E-state index < -0.39 is 111 Å². The maximum atomic E-state index is 12.5. The Kier molecular flexibility index (Phi) is 19.3. The molecular weight excluding hydrogens is 1250 g/mol. The molecule has 11 aliphatic rings. The van der Waals surface area contributed by atoms with Crippen LogP contribution in [0, 0.1) is 52.3 Å². The van der Waals surface area contributed by atoms with E-state index in [2.05, 4.69) is 108 Å². The van der Waals surface area contributed by atoms with Crippen LogP contribution < -0.4 is 0 Å². The molecule has 3 aromatic rings. The normalized spacial score (nSPS) is 46.6. The number of likely N-dealkylation sites (N-methyl/N-ethyl adjacent to an activating group) is 1. The number of aliphatic hydroxyl groups is 9. The van der Waals surface area contributed by atoms with Gasteiger partial charge >= 0.3 is 5.97 Å². The molecule has 2 aromatic heterocycles. The van der Waals surface area contributed by atoms with E-state index in [1.54, 1.807) is 12.3 Å². The lowest BCUT2D eigenvalue weighted by atomic mass is 9.47. The summed E-state index contributed by atoms with van der Waals surface area (Å²) in [4.78, 5) is 21.9. The molecule has 5 aliphatic carbocycles. The fourth-order valence-electron chi connectivity index (χ4n) is 20.4. The largest absolute Gasteiger partial charge is 0.462 e. The van der Waals surface area contributed by atoms with Gasteiger partial charge in [0, 0.05) is 85.3 Å². The number of aliphatic hydroxyl groups excluding tert-OH is 9. The molecule has 1 aromatic carbocycles. The van der Waals surface area contributed by atoms with Crippen LogP contribution in [0.25, 0.3) is 10.9 Å². The zero-order chi connectivity index (χ0) is 65.2. The van der Waals surface area contributed by atoms with E-state index in [4.69, 9.17) is 37.9 Å². The number of halogens is 1.